The molecule has 23 heavy (non-hydrogen) atoms. The summed E-state index contributed by atoms with van der Waals surface area (Å²) < 4.78 is 2.15. The van der Waals surface area contributed by atoms with Gasteiger partial charge in [0.25, 0.3) is 0 Å². The van der Waals surface area contributed by atoms with Gasteiger partial charge < -0.3 is 5.32 Å². The minimum atomic E-state index is 0.195. The molecular formula is C19H28N4. The number of benzene rings is 1. The lowest BCUT2D eigenvalue weighted by Gasteiger charge is -2.39. The average Bonchev–Trinajstić information content (AvgIpc) is 2.75. The summed E-state index contributed by atoms with van der Waals surface area (Å²) in [4.78, 5) is 2.54. The Hall–Kier alpha value is -1.65. The number of nitrogens with one attached hydrogen (secondary N) is 1. The Labute approximate surface area is 139 Å². The van der Waals surface area contributed by atoms with Gasteiger partial charge >= 0.3 is 0 Å². The number of rotatable bonds is 4. The third-order valence-electron chi connectivity index (χ3n) is 4.74. The molecule has 3 rings (SSSR count). The van der Waals surface area contributed by atoms with Crippen molar-refractivity contribution in [1.82, 2.24) is 20.0 Å². The summed E-state index contributed by atoms with van der Waals surface area (Å²) in [7, 11) is 0. The van der Waals surface area contributed by atoms with E-state index in [1.165, 1.54) is 16.8 Å². The molecule has 0 aliphatic carbocycles. The molecule has 1 aliphatic heterocycles. The Morgan fingerprint density at radius 1 is 1.13 bits per heavy atom. The highest BCUT2D eigenvalue weighted by Crippen LogP contribution is 2.19. The van der Waals surface area contributed by atoms with Crippen LogP contribution in [0.25, 0.3) is 0 Å². The third-order valence-corrected chi connectivity index (χ3v) is 4.74. The fourth-order valence-corrected chi connectivity index (χ4v) is 3.48. The molecule has 0 saturated carbocycles. The van der Waals surface area contributed by atoms with E-state index in [9.17, 15) is 0 Å². The Morgan fingerprint density at radius 3 is 2.57 bits per heavy atom. The van der Waals surface area contributed by atoms with Crippen molar-refractivity contribution in [1.29, 1.82) is 0 Å². The van der Waals surface area contributed by atoms with Crippen LogP contribution in [0.1, 0.15) is 36.4 Å². The summed E-state index contributed by atoms with van der Waals surface area (Å²) in [5.74, 6) is 0. The van der Waals surface area contributed by atoms with Crippen LogP contribution in [0.15, 0.2) is 30.3 Å². The van der Waals surface area contributed by atoms with Crippen LogP contribution in [0.2, 0.25) is 0 Å². The van der Waals surface area contributed by atoms with Gasteiger partial charge in [-0.15, -0.1) is 0 Å². The van der Waals surface area contributed by atoms with Crippen LogP contribution in [-0.4, -0.2) is 39.9 Å². The molecule has 1 N–H and O–H groups in total. The number of piperazine rings is 1. The van der Waals surface area contributed by atoms with Crippen molar-refractivity contribution < 1.29 is 0 Å². The van der Waals surface area contributed by atoms with E-state index in [4.69, 9.17) is 5.10 Å². The van der Waals surface area contributed by atoms with Crippen LogP contribution in [0, 0.1) is 13.8 Å². The van der Waals surface area contributed by atoms with Gasteiger partial charge in [-0.05, 0) is 33.3 Å². The Kier molecular flexibility index (Phi) is 4.55. The summed E-state index contributed by atoms with van der Waals surface area (Å²) in [5.41, 5.74) is 5.34. The van der Waals surface area contributed by atoms with Crippen LogP contribution in [0.4, 0.5) is 0 Å². The SMILES string of the molecule is Cc1nn(Cc2ccccc2)c(C)c1CN1CCNC(C)(C)C1. The first-order valence-corrected chi connectivity index (χ1v) is 8.49. The van der Waals surface area contributed by atoms with Gasteiger partial charge in [0.2, 0.25) is 0 Å². The molecule has 124 valence electrons. The molecule has 0 bridgehead atoms. The molecule has 1 fully saturated rings. The molecule has 1 saturated heterocycles. The minimum Gasteiger partial charge on any atom is -0.309 e. The number of aromatic nitrogens is 2. The molecule has 1 aliphatic rings. The molecule has 2 heterocycles. The van der Waals surface area contributed by atoms with Crippen LogP contribution in [0.5, 0.6) is 0 Å². The van der Waals surface area contributed by atoms with Gasteiger partial charge in [-0.1, -0.05) is 30.3 Å². The van der Waals surface area contributed by atoms with Gasteiger partial charge in [-0.25, -0.2) is 0 Å². The van der Waals surface area contributed by atoms with Crippen molar-refractivity contribution in [2.75, 3.05) is 19.6 Å². The van der Waals surface area contributed by atoms with Crippen molar-refractivity contribution in [2.24, 2.45) is 0 Å². The quantitative estimate of drug-likeness (QED) is 0.942. The molecule has 2 aromatic rings. The second-order valence-corrected chi connectivity index (χ2v) is 7.31. The van der Waals surface area contributed by atoms with Crippen molar-refractivity contribution in [3.63, 3.8) is 0 Å². The first-order chi connectivity index (χ1) is 10.9. The standard InChI is InChI=1S/C19H28N4/c1-15-18(13-22-11-10-20-19(3,4)14-22)16(2)23(21-15)12-17-8-6-5-7-9-17/h5-9,20H,10-14H2,1-4H3. The van der Waals surface area contributed by atoms with Crippen LogP contribution >= 0.6 is 0 Å². The van der Waals surface area contributed by atoms with E-state index in [1.807, 2.05) is 0 Å². The minimum absolute atomic E-state index is 0.195. The predicted octanol–water partition coefficient (Wildman–Crippen LogP) is 2.73. The monoisotopic (exact) mass is 312 g/mol. The lowest BCUT2D eigenvalue weighted by atomic mass is 10.0. The first kappa shape index (κ1) is 16.2. The van der Waals surface area contributed by atoms with Crippen molar-refractivity contribution in [3.05, 3.63) is 52.8 Å². The van der Waals surface area contributed by atoms with Gasteiger partial charge in [0.05, 0.1) is 12.2 Å². The zero-order valence-corrected chi connectivity index (χ0v) is 14.8. The van der Waals surface area contributed by atoms with Crippen LogP contribution in [0.3, 0.4) is 0 Å². The maximum Gasteiger partial charge on any atom is 0.0662 e. The number of hydrogen-bond donors (Lipinski definition) is 1. The smallest absolute Gasteiger partial charge is 0.0662 e. The zero-order chi connectivity index (χ0) is 16.4. The number of hydrogen-bond acceptors (Lipinski definition) is 3. The topological polar surface area (TPSA) is 33.1 Å². The lowest BCUT2D eigenvalue weighted by Crippen LogP contribution is -2.56. The highest BCUT2D eigenvalue weighted by molar-refractivity contribution is 5.26. The lowest BCUT2D eigenvalue weighted by molar-refractivity contribution is 0.148. The Balaban J connectivity index is 1.75. The second kappa shape index (κ2) is 6.46. The average molecular weight is 312 g/mol. The molecule has 1 aromatic heterocycles. The fourth-order valence-electron chi connectivity index (χ4n) is 3.48. The fraction of sp³-hybridized carbons (Fsp3) is 0.526. The molecular weight excluding hydrogens is 284 g/mol. The predicted molar refractivity (Wildman–Crippen MR) is 94.6 cm³/mol. The number of nitrogens with zero attached hydrogens (tertiary/aromatic N) is 3. The zero-order valence-electron chi connectivity index (χ0n) is 14.8. The molecule has 4 heteroatoms. The summed E-state index contributed by atoms with van der Waals surface area (Å²) in [6.07, 6.45) is 0. The van der Waals surface area contributed by atoms with E-state index in [1.54, 1.807) is 0 Å². The molecule has 0 unspecified atom stereocenters. The van der Waals surface area contributed by atoms with Gasteiger partial charge in [0.1, 0.15) is 0 Å². The molecule has 4 nitrogen and oxygen atoms in total. The van der Waals surface area contributed by atoms with E-state index in [2.05, 4.69) is 72.9 Å². The van der Waals surface area contributed by atoms with Gasteiger partial charge in [0, 0.05) is 43.0 Å². The maximum absolute atomic E-state index is 4.78. The van der Waals surface area contributed by atoms with Crippen LogP contribution < -0.4 is 5.32 Å². The van der Waals surface area contributed by atoms with Gasteiger partial charge in [0.15, 0.2) is 0 Å². The highest BCUT2D eigenvalue weighted by atomic mass is 15.3. The van der Waals surface area contributed by atoms with E-state index < -0.39 is 0 Å². The van der Waals surface area contributed by atoms with Crippen molar-refractivity contribution >= 4 is 0 Å². The van der Waals surface area contributed by atoms with Gasteiger partial charge in [-0.3, -0.25) is 9.58 Å². The molecule has 0 amide bonds. The third kappa shape index (κ3) is 3.82. The first-order valence-electron chi connectivity index (χ1n) is 8.49. The van der Waals surface area contributed by atoms with Crippen LogP contribution in [-0.2, 0) is 13.1 Å². The highest BCUT2D eigenvalue weighted by Gasteiger charge is 2.26. The second-order valence-electron chi connectivity index (χ2n) is 7.31. The summed E-state index contributed by atoms with van der Waals surface area (Å²) in [6, 6.07) is 10.6. The van der Waals surface area contributed by atoms with E-state index in [0.29, 0.717) is 0 Å². The maximum atomic E-state index is 4.78. The van der Waals surface area contributed by atoms with E-state index in [-0.39, 0.29) is 5.54 Å². The molecule has 1 aromatic carbocycles. The van der Waals surface area contributed by atoms with Crippen molar-refractivity contribution in [2.45, 2.75) is 46.3 Å². The Bertz CT molecular complexity index is 658. The van der Waals surface area contributed by atoms with Gasteiger partial charge in [-0.2, -0.15) is 5.10 Å². The molecule has 0 radical (unpaired) electrons. The largest absolute Gasteiger partial charge is 0.309 e. The summed E-state index contributed by atoms with van der Waals surface area (Å²) >= 11 is 0. The normalized spacial score (nSPS) is 18.3. The van der Waals surface area contributed by atoms with E-state index >= 15 is 0 Å². The number of aryl methyl sites for hydroxylation is 1. The van der Waals surface area contributed by atoms with Crippen molar-refractivity contribution in [3.8, 4) is 0 Å². The molecule has 0 atom stereocenters. The summed E-state index contributed by atoms with van der Waals surface area (Å²) in [5, 5.41) is 8.36. The summed E-state index contributed by atoms with van der Waals surface area (Å²) in [6.45, 7) is 14.0. The van der Waals surface area contributed by atoms with E-state index in [0.717, 1.165) is 38.4 Å². The molecule has 0 spiro atoms. The Morgan fingerprint density at radius 2 is 1.87 bits per heavy atom.